The molecule has 0 aliphatic heterocycles. The van der Waals surface area contributed by atoms with Crippen molar-refractivity contribution in [1.82, 2.24) is 0 Å². The molecular weight excluding hydrogens is 1040 g/mol. The van der Waals surface area contributed by atoms with Crippen molar-refractivity contribution in [2.45, 2.75) is 208 Å². The molecule has 22 aliphatic rings. The van der Waals surface area contributed by atoms with Crippen LogP contribution in [0.3, 0.4) is 0 Å². The van der Waals surface area contributed by atoms with Gasteiger partial charge < -0.3 is 41.6 Å². The molecule has 12 nitrogen and oxygen atoms in total. The highest BCUT2D eigenvalue weighted by Gasteiger charge is 2.47. The topological polar surface area (TPSA) is 232 Å². The van der Waals surface area contributed by atoms with Crippen molar-refractivity contribution in [1.29, 1.82) is 0 Å². The molecule has 83 heavy (non-hydrogen) atoms. The third-order valence-corrected chi connectivity index (χ3v) is 15.6. The fourth-order valence-corrected chi connectivity index (χ4v) is 11.2. The summed E-state index contributed by atoms with van der Waals surface area (Å²) in [7, 11) is 3.53. The van der Waals surface area contributed by atoms with Crippen LogP contribution in [0.15, 0.2) is 146 Å². The predicted molar refractivity (Wildman–Crippen MR) is 345 cm³/mol. The Morgan fingerprint density at radius 1 is 0.265 bits per heavy atom. The maximum Gasteiger partial charge on any atom is 0.129 e. The lowest BCUT2D eigenvalue weighted by atomic mass is 9.70. The van der Waals surface area contributed by atoms with Crippen LogP contribution in [-0.2, 0) is 48.3 Å². The Balaban J connectivity index is 0. The molecule has 6 aromatic carbocycles. The number of rotatable bonds is 3. The summed E-state index contributed by atoms with van der Waals surface area (Å²) in [5.74, 6) is 0. The first kappa shape index (κ1) is 79.9. The Hall–Kier alpha value is -5.16. The van der Waals surface area contributed by atoms with Gasteiger partial charge in [-0.25, -0.2) is 14.7 Å². The Morgan fingerprint density at radius 3 is 0.602 bits per heavy atom. The molecule has 0 amide bonds. The predicted octanol–water partition coefficient (Wildman–Crippen LogP) is 15.8. The SMILES string of the molecule is CC.CC.CC.CC.CC.CC.CC.CO.CO.COOC12CCC(O)(CC1)c1ccc(cc1)-c1ccc(cc1)C1(O)CCC(OO)(CC1)c1ccc(cc1)-c1ccc(cc1)C1(O)CCC(O)(CC1)c1ccc(cc1)-c1ccc2cc1.O.O. The van der Waals surface area contributed by atoms with Crippen molar-refractivity contribution in [2.75, 3.05) is 21.3 Å². The zero-order valence-corrected chi connectivity index (χ0v) is 53.7. The minimum absolute atomic E-state index is 0. The van der Waals surface area contributed by atoms with E-state index < -0.39 is 33.6 Å². The summed E-state index contributed by atoms with van der Waals surface area (Å²) in [5.41, 5.74) is 5.50. The second kappa shape index (κ2) is 39.5. The van der Waals surface area contributed by atoms with Gasteiger partial charge in [0, 0.05) is 14.2 Å². The smallest absolute Gasteiger partial charge is 0.129 e. The maximum absolute atomic E-state index is 12.0. The molecule has 12 heteroatoms. The van der Waals surface area contributed by atoms with Gasteiger partial charge in [0.15, 0.2) is 0 Å². The molecule has 18 bridgehead atoms. The van der Waals surface area contributed by atoms with Crippen molar-refractivity contribution in [3.63, 3.8) is 0 Å². The van der Waals surface area contributed by atoms with Gasteiger partial charge >= 0.3 is 0 Å². The van der Waals surface area contributed by atoms with Crippen molar-refractivity contribution in [3.05, 3.63) is 179 Å². The number of hydrogen-bond acceptors (Lipinski definition) is 10. The standard InChI is InChI=1S/C55H56O8.7C2H6.2CH4O.2H2O/c1-61-63-55-36-32-53(59,33-37-55)47-20-8-39(9-21-47)38-6-18-46(19-7-38)52(58)30-34-54(62-60,35-31-52)48-22-10-42(11-23-48)40-2-14-44(15-3-40)50(56)26-28-51(57,29-27-50)45-16-4-41(5-17-45)43-12-24-49(55)25-13-43;9*1-2;;/h2-25,56-60H,26-37H2,1H3;7*1-2H3;2*2H,1H3;2*1H2. The van der Waals surface area contributed by atoms with E-state index in [1.165, 1.54) is 7.11 Å². The lowest BCUT2D eigenvalue weighted by molar-refractivity contribution is -0.362. The van der Waals surface area contributed by atoms with Crippen LogP contribution in [-0.4, -0.2) is 68.2 Å². The van der Waals surface area contributed by atoms with Crippen LogP contribution >= 0.6 is 0 Å². The van der Waals surface area contributed by atoms with E-state index in [9.17, 15) is 25.7 Å². The Kier molecular flexibility index (Phi) is 38.0. The molecule has 3 saturated carbocycles. The van der Waals surface area contributed by atoms with Crippen molar-refractivity contribution in [3.8, 4) is 33.4 Å². The summed E-state index contributed by atoms with van der Waals surface area (Å²) in [6, 6.07) is 48.7. The summed E-state index contributed by atoms with van der Waals surface area (Å²) in [4.78, 5) is 16.7. The fourth-order valence-electron chi connectivity index (χ4n) is 11.2. The van der Waals surface area contributed by atoms with Crippen molar-refractivity contribution in [2.24, 2.45) is 0 Å². The van der Waals surface area contributed by atoms with E-state index in [0.717, 1.165) is 81.0 Å². The van der Waals surface area contributed by atoms with Crippen LogP contribution in [0.5, 0.6) is 0 Å². The van der Waals surface area contributed by atoms with E-state index in [-0.39, 0.29) is 11.0 Å². The van der Waals surface area contributed by atoms with Crippen molar-refractivity contribution < 1.29 is 61.5 Å². The minimum atomic E-state index is -1.07. The first-order valence-electron chi connectivity index (χ1n) is 30.4. The van der Waals surface area contributed by atoms with E-state index in [2.05, 4.69) is 36.4 Å². The molecule has 0 atom stereocenters. The Morgan fingerprint density at radius 2 is 0.422 bits per heavy atom. The van der Waals surface area contributed by atoms with Gasteiger partial charge in [-0.15, -0.1) is 0 Å². The van der Waals surface area contributed by atoms with E-state index in [1.54, 1.807) is 0 Å². The van der Waals surface area contributed by atoms with Gasteiger partial charge in [-0.05, 0) is 144 Å². The molecule has 0 unspecified atom stereocenters. The van der Waals surface area contributed by atoms with Gasteiger partial charge in [0.25, 0.3) is 0 Å². The molecule has 0 spiro atoms. The summed E-state index contributed by atoms with van der Waals surface area (Å²) in [6.45, 7) is 28.0. The van der Waals surface area contributed by atoms with Gasteiger partial charge in [0.1, 0.15) is 11.2 Å². The van der Waals surface area contributed by atoms with E-state index in [0.29, 0.717) is 77.0 Å². The van der Waals surface area contributed by atoms with Crippen LogP contribution in [0.25, 0.3) is 33.4 Å². The number of aliphatic hydroxyl groups excluding tert-OH is 2. The minimum Gasteiger partial charge on any atom is -0.412 e. The summed E-state index contributed by atoms with van der Waals surface area (Å²) in [5, 5.41) is 72.0. The van der Waals surface area contributed by atoms with Crippen LogP contribution < -0.4 is 0 Å². The largest absolute Gasteiger partial charge is 0.412 e. The van der Waals surface area contributed by atoms with E-state index in [4.69, 9.17) is 24.9 Å². The highest BCUT2D eigenvalue weighted by molar-refractivity contribution is 5.67. The molecule has 0 aromatic heterocycles. The summed E-state index contributed by atoms with van der Waals surface area (Å²) < 4.78 is 0. The second-order valence-electron chi connectivity index (χ2n) is 18.9. The third-order valence-electron chi connectivity index (χ3n) is 15.6. The maximum atomic E-state index is 12.0. The lowest BCUT2D eigenvalue weighted by Crippen LogP contribution is -2.41. The molecule has 11 N–H and O–H groups in total. The van der Waals surface area contributed by atoms with Crippen LogP contribution in [0, 0.1) is 0 Å². The van der Waals surface area contributed by atoms with E-state index >= 15 is 0 Å². The van der Waals surface area contributed by atoms with Gasteiger partial charge in [-0.2, -0.15) is 0 Å². The Bertz CT molecular complexity index is 2540. The molecule has 0 saturated heterocycles. The number of benzene rings is 6. The zero-order chi connectivity index (χ0) is 61.5. The van der Waals surface area contributed by atoms with Gasteiger partial charge in [0.05, 0.1) is 29.5 Å². The summed E-state index contributed by atoms with van der Waals surface area (Å²) in [6.07, 6.45) is 5.54. The zero-order valence-electron chi connectivity index (χ0n) is 53.7. The van der Waals surface area contributed by atoms with Gasteiger partial charge in [-0.1, -0.05) is 243 Å². The third kappa shape index (κ3) is 18.7. The lowest BCUT2D eigenvalue weighted by Gasteiger charge is -2.43. The second-order valence-corrected chi connectivity index (χ2v) is 18.9. The molecule has 3 fully saturated rings. The normalized spacial score (nSPS) is 23.6. The van der Waals surface area contributed by atoms with Crippen LogP contribution in [0.4, 0.5) is 0 Å². The molecule has 466 valence electrons. The molecule has 0 radical (unpaired) electrons. The first-order chi connectivity index (χ1) is 39.4. The first-order valence-corrected chi connectivity index (χ1v) is 30.4. The van der Waals surface area contributed by atoms with Crippen LogP contribution in [0.2, 0.25) is 0 Å². The fraction of sp³-hybridized carbons (Fsp3) is 0.493. The van der Waals surface area contributed by atoms with E-state index in [1.807, 2.05) is 206 Å². The average molecular weight is 1160 g/mol. The molecule has 22 aliphatic carbocycles. The molecule has 0 heterocycles. The highest BCUT2D eigenvalue weighted by Crippen LogP contribution is 2.51. The highest BCUT2D eigenvalue weighted by atomic mass is 17.2. The molecular formula is C71H110O12. The average Bonchev–Trinajstić information content (AvgIpc) is 3.65. The quantitative estimate of drug-likeness (QED) is 0.0654. The van der Waals surface area contributed by atoms with Crippen molar-refractivity contribution >= 4 is 0 Å². The number of aliphatic hydroxyl groups is 6. The summed E-state index contributed by atoms with van der Waals surface area (Å²) >= 11 is 0. The monoisotopic (exact) mass is 1150 g/mol. The number of hydrogen-bond donors (Lipinski definition) is 7. The molecule has 6 aromatic rings. The Labute approximate surface area is 500 Å². The van der Waals surface area contributed by atoms with Gasteiger partial charge in [0.2, 0.25) is 0 Å². The molecule has 28 rings (SSSR count). The van der Waals surface area contributed by atoms with Crippen LogP contribution in [0.1, 0.15) is 207 Å². The van der Waals surface area contributed by atoms with Gasteiger partial charge in [-0.3, -0.25) is 5.26 Å².